The molecule has 0 amide bonds. The van der Waals surface area contributed by atoms with Crippen LogP contribution in [0.15, 0.2) is 90.7 Å². The van der Waals surface area contributed by atoms with Crippen molar-refractivity contribution in [3.8, 4) is 0 Å². The van der Waals surface area contributed by atoms with Crippen LogP contribution in [-0.4, -0.2) is 16.4 Å². The quantitative estimate of drug-likeness (QED) is 0.478. The van der Waals surface area contributed by atoms with E-state index in [0.29, 0.717) is 22.4 Å². The largest absolute Gasteiger partial charge is 0.305 e. The summed E-state index contributed by atoms with van der Waals surface area (Å²) in [5.41, 5.74) is 2.62. The Hall–Kier alpha value is -3.40. The summed E-state index contributed by atoms with van der Waals surface area (Å²) in [4.78, 5) is 4.36. The molecule has 1 aromatic carbocycles. The van der Waals surface area contributed by atoms with Crippen LogP contribution >= 0.6 is 0 Å². The summed E-state index contributed by atoms with van der Waals surface area (Å²) in [5, 5.41) is 17.1. The molecule has 0 radical (unpaired) electrons. The fourth-order valence-corrected chi connectivity index (χ4v) is 2.73. The first-order chi connectivity index (χ1) is 13.0. The number of nitrogens with zero attached hydrogens (tertiary/aromatic N) is 1. The van der Waals surface area contributed by atoms with Crippen molar-refractivity contribution in [3.05, 3.63) is 108 Å². The van der Waals surface area contributed by atoms with Crippen LogP contribution in [-0.2, 0) is 0 Å². The minimum atomic E-state index is -0.480. The van der Waals surface area contributed by atoms with Gasteiger partial charge in [0.2, 0.25) is 0 Å². The maximum absolute atomic E-state index is 14.4. The number of nitrogens with one attached hydrogen (secondary N) is 2. The van der Waals surface area contributed by atoms with Crippen molar-refractivity contribution < 1.29 is 4.39 Å². The second-order valence-electron chi connectivity index (χ2n) is 5.78. The van der Waals surface area contributed by atoms with Gasteiger partial charge in [-0.3, -0.25) is 10.4 Å². The summed E-state index contributed by atoms with van der Waals surface area (Å²) >= 11 is 0. The molecule has 2 aromatic rings. The molecule has 3 nitrogen and oxygen atoms in total. The molecule has 4 heteroatoms. The molecule has 1 heterocycles. The topological polar surface area (TPSA) is 60.6 Å². The second kappa shape index (κ2) is 9.34. The zero-order valence-electron chi connectivity index (χ0n) is 15.5. The van der Waals surface area contributed by atoms with E-state index in [0.717, 1.165) is 0 Å². The fourth-order valence-electron chi connectivity index (χ4n) is 2.73. The highest BCUT2D eigenvalue weighted by molar-refractivity contribution is 6.31. The van der Waals surface area contributed by atoms with Crippen molar-refractivity contribution in [2.45, 2.75) is 13.8 Å². The lowest BCUT2D eigenvalue weighted by molar-refractivity contribution is 0.625. The molecule has 0 aliphatic rings. The highest BCUT2D eigenvalue weighted by atomic mass is 19.1. The van der Waals surface area contributed by atoms with E-state index < -0.39 is 5.82 Å². The van der Waals surface area contributed by atoms with Gasteiger partial charge in [0.25, 0.3) is 0 Å². The van der Waals surface area contributed by atoms with Gasteiger partial charge in [0.05, 0.1) is 11.4 Å². The van der Waals surface area contributed by atoms with E-state index in [1.807, 2.05) is 19.1 Å². The Bertz CT molecular complexity index is 951. The molecule has 0 saturated heterocycles. The Balaban J connectivity index is 2.85. The van der Waals surface area contributed by atoms with Crippen LogP contribution in [0.2, 0.25) is 0 Å². The normalized spacial score (nSPS) is 12.6. The molecule has 2 rings (SSSR count). The van der Waals surface area contributed by atoms with Crippen LogP contribution in [0.25, 0.3) is 5.57 Å². The van der Waals surface area contributed by atoms with Gasteiger partial charge in [-0.15, -0.1) is 0 Å². The molecule has 0 saturated carbocycles. The van der Waals surface area contributed by atoms with Gasteiger partial charge in [0.15, 0.2) is 0 Å². The highest BCUT2D eigenvalue weighted by Gasteiger charge is 2.21. The number of allylic oxidation sites excluding steroid dienone is 7. The van der Waals surface area contributed by atoms with Crippen LogP contribution in [0.3, 0.4) is 0 Å². The number of hydrogen-bond donors (Lipinski definition) is 2. The fraction of sp³-hybridized carbons (Fsp3) is 0.0870. The average molecular weight is 359 g/mol. The zero-order chi connectivity index (χ0) is 19.8. The second-order valence-corrected chi connectivity index (χ2v) is 5.78. The SMILES string of the molecule is C=C\C=C/C(=C\C)C(/C(=N)c1ccccc1F)=C(/C(C)=N)c1ccccn1. The van der Waals surface area contributed by atoms with Gasteiger partial charge in [-0.05, 0) is 43.7 Å². The van der Waals surface area contributed by atoms with E-state index in [1.54, 1.807) is 61.7 Å². The van der Waals surface area contributed by atoms with Crippen LogP contribution < -0.4 is 0 Å². The van der Waals surface area contributed by atoms with Crippen molar-refractivity contribution in [2.24, 2.45) is 0 Å². The van der Waals surface area contributed by atoms with Gasteiger partial charge in [-0.2, -0.15) is 0 Å². The van der Waals surface area contributed by atoms with Crippen molar-refractivity contribution in [1.29, 1.82) is 10.8 Å². The third-order valence-corrected chi connectivity index (χ3v) is 3.95. The lowest BCUT2D eigenvalue weighted by Crippen LogP contribution is -2.14. The first kappa shape index (κ1) is 19.9. The average Bonchev–Trinajstić information content (AvgIpc) is 2.68. The molecular formula is C23H22FN3. The first-order valence-electron chi connectivity index (χ1n) is 8.52. The molecule has 136 valence electrons. The Morgan fingerprint density at radius 1 is 1.11 bits per heavy atom. The predicted molar refractivity (Wildman–Crippen MR) is 111 cm³/mol. The van der Waals surface area contributed by atoms with E-state index in [2.05, 4.69) is 11.6 Å². The summed E-state index contributed by atoms with van der Waals surface area (Å²) in [6.07, 6.45) is 8.64. The molecule has 0 aliphatic carbocycles. The molecule has 0 aliphatic heterocycles. The maximum atomic E-state index is 14.4. The monoisotopic (exact) mass is 359 g/mol. The van der Waals surface area contributed by atoms with Gasteiger partial charge < -0.3 is 5.41 Å². The van der Waals surface area contributed by atoms with Gasteiger partial charge in [0.1, 0.15) is 5.82 Å². The zero-order valence-corrected chi connectivity index (χ0v) is 15.5. The van der Waals surface area contributed by atoms with Crippen molar-refractivity contribution in [1.82, 2.24) is 4.98 Å². The number of hydrogen-bond acceptors (Lipinski definition) is 3. The molecule has 0 bridgehead atoms. The molecule has 2 N–H and O–H groups in total. The van der Waals surface area contributed by atoms with Crippen molar-refractivity contribution in [3.63, 3.8) is 0 Å². The highest BCUT2D eigenvalue weighted by Crippen LogP contribution is 2.29. The molecule has 0 unspecified atom stereocenters. The van der Waals surface area contributed by atoms with Gasteiger partial charge in [0, 0.05) is 28.6 Å². The molecule has 0 fully saturated rings. The summed E-state index contributed by atoms with van der Waals surface area (Å²) < 4.78 is 14.4. The maximum Gasteiger partial charge on any atom is 0.132 e. The van der Waals surface area contributed by atoms with Crippen molar-refractivity contribution in [2.75, 3.05) is 0 Å². The van der Waals surface area contributed by atoms with Gasteiger partial charge in [-0.1, -0.05) is 49.1 Å². The van der Waals surface area contributed by atoms with Crippen LogP contribution in [0.4, 0.5) is 4.39 Å². The summed E-state index contributed by atoms with van der Waals surface area (Å²) in [5.74, 6) is -0.480. The minimum Gasteiger partial charge on any atom is -0.305 e. The molecular weight excluding hydrogens is 337 g/mol. The van der Waals surface area contributed by atoms with Crippen LogP contribution in [0.1, 0.15) is 25.1 Å². The Labute approximate surface area is 159 Å². The lowest BCUT2D eigenvalue weighted by Gasteiger charge is -2.17. The molecule has 0 atom stereocenters. The van der Waals surface area contributed by atoms with Crippen LogP contribution in [0.5, 0.6) is 0 Å². The molecule has 0 spiro atoms. The van der Waals surface area contributed by atoms with E-state index in [9.17, 15) is 4.39 Å². The van der Waals surface area contributed by atoms with E-state index in [-0.39, 0.29) is 17.0 Å². The van der Waals surface area contributed by atoms with Gasteiger partial charge >= 0.3 is 0 Å². The summed E-state index contributed by atoms with van der Waals surface area (Å²) in [6.45, 7) is 7.17. The number of halogens is 1. The van der Waals surface area contributed by atoms with Crippen molar-refractivity contribution >= 4 is 17.0 Å². The minimum absolute atomic E-state index is 0.00200. The number of benzene rings is 1. The third kappa shape index (κ3) is 4.61. The van der Waals surface area contributed by atoms with E-state index in [1.165, 1.54) is 6.07 Å². The van der Waals surface area contributed by atoms with Gasteiger partial charge in [-0.25, -0.2) is 4.39 Å². The Morgan fingerprint density at radius 2 is 1.81 bits per heavy atom. The number of aromatic nitrogens is 1. The Kier molecular flexibility index (Phi) is 6.89. The van der Waals surface area contributed by atoms with E-state index in [4.69, 9.17) is 10.8 Å². The summed E-state index contributed by atoms with van der Waals surface area (Å²) in [7, 11) is 0. The number of pyridine rings is 1. The smallest absolute Gasteiger partial charge is 0.132 e. The Morgan fingerprint density at radius 3 is 2.37 bits per heavy atom. The van der Waals surface area contributed by atoms with Crippen LogP contribution in [0, 0.1) is 16.6 Å². The number of rotatable bonds is 7. The van der Waals surface area contributed by atoms with E-state index >= 15 is 0 Å². The molecule has 1 aromatic heterocycles. The first-order valence-corrected chi connectivity index (χ1v) is 8.52. The predicted octanol–water partition coefficient (Wildman–Crippen LogP) is 5.77. The molecule has 27 heavy (non-hydrogen) atoms. The summed E-state index contributed by atoms with van der Waals surface area (Å²) in [6, 6.07) is 11.6. The lowest BCUT2D eigenvalue weighted by atomic mass is 9.87. The standard InChI is InChI=1S/C23H22FN3/c1-4-6-11-17(5-2)22(23(26)18-12-7-8-13-19(18)24)21(16(3)25)20-14-9-10-15-27-20/h4-15,25-26H,1H2,2-3H3/b11-6-,17-5+,22-21+,25-16?,26-23?. The third-order valence-electron chi connectivity index (χ3n) is 3.95.